The van der Waals surface area contributed by atoms with Gasteiger partial charge in [-0.2, -0.15) is 0 Å². The number of rotatable bonds is 4. The van der Waals surface area contributed by atoms with Crippen molar-refractivity contribution in [3.05, 3.63) is 47.8 Å². The van der Waals surface area contributed by atoms with Gasteiger partial charge in [-0.1, -0.05) is 23.8 Å². The average molecular weight is 253 g/mol. The lowest BCUT2D eigenvalue weighted by atomic mass is 10.0. The first kappa shape index (κ1) is 12.0. The number of ketones is 1. The number of Topliss-reactive ketones (excluding diaryl/α,β-unsaturated/α-hetero) is 1. The highest BCUT2D eigenvalue weighted by Crippen LogP contribution is 2.24. The number of hydrogen-bond acceptors (Lipinski definition) is 3. The topological polar surface area (TPSA) is 35.5 Å². The standard InChI is InChI=1S/C13H13ClO3/c14-7-12(15)13-9-16-8-11(17-13)6-10-4-2-1-3-5-10/h1-2,4,8-9H,3,5-7H2. The zero-order valence-corrected chi connectivity index (χ0v) is 10.1. The maximum absolute atomic E-state index is 11.3. The first-order valence-electron chi connectivity index (χ1n) is 5.46. The van der Waals surface area contributed by atoms with Gasteiger partial charge in [0.1, 0.15) is 18.3 Å². The fraction of sp³-hybridized carbons (Fsp3) is 0.308. The molecular weight excluding hydrogens is 240 g/mol. The van der Waals surface area contributed by atoms with Crippen molar-refractivity contribution in [3.8, 4) is 0 Å². The second kappa shape index (κ2) is 5.73. The van der Waals surface area contributed by atoms with Crippen molar-refractivity contribution in [2.75, 3.05) is 5.88 Å². The lowest BCUT2D eigenvalue weighted by Gasteiger charge is -2.17. The minimum absolute atomic E-state index is 0.103. The zero-order valence-electron chi connectivity index (χ0n) is 9.32. The molecule has 3 nitrogen and oxygen atoms in total. The molecule has 4 heteroatoms. The molecule has 0 aromatic rings. The van der Waals surface area contributed by atoms with E-state index in [1.807, 2.05) is 6.08 Å². The van der Waals surface area contributed by atoms with Crippen molar-refractivity contribution >= 4 is 17.4 Å². The second-order valence-electron chi connectivity index (χ2n) is 3.83. The summed E-state index contributed by atoms with van der Waals surface area (Å²) in [6, 6.07) is 0. The second-order valence-corrected chi connectivity index (χ2v) is 4.10. The minimum atomic E-state index is -0.269. The van der Waals surface area contributed by atoms with E-state index in [0.717, 1.165) is 12.8 Å². The van der Waals surface area contributed by atoms with Crippen LogP contribution in [0.25, 0.3) is 0 Å². The monoisotopic (exact) mass is 252 g/mol. The largest absolute Gasteiger partial charge is 0.465 e. The first-order valence-corrected chi connectivity index (χ1v) is 5.99. The van der Waals surface area contributed by atoms with Gasteiger partial charge in [0.05, 0.1) is 5.88 Å². The van der Waals surface area contributed by atoms with Crippen LogP contribution in [-0.2, 0) is 14.3 Å². The molecule has 0 aromatic heterocycles. The molecule has 0 saturated heterocycles. The first-order chi connectivity index (χ1) is 8.29. The molecule has 0 amide bonds. The van der Waals surface area contributed by atoms with E-state index in [1.54, 1.807) is 0 Å². The van der Waals surface area contributed by atoms with Crippen LogP contribution in [0.15, 0.2) is 47.8 Å². The summed E-state index contributed by atoms with van der Waals surface area (Å²) >= 11 is 5.46. The van der Waals surface area contributed by atoms with E-state index >= 15 is 0 Å². The molecule has 1 aliphatic carbocycles. The van der Waals surface area contributed by atoms with Crippen LogP contribution in [0.1, 0.15) is 19.3 Å². The Kier molecular flexibility index (Phi) is 4.04. The normalized spacial score (nSPS) is 18.5. The molecule has 0 fully saturated rings. The molecule has 1 aliphatic heterocycles. The van der Waals surface area contributed by atoms with Crippen molar-refractivity contribution in [2.24, 2.45) is 0 Å². The van der Waals surface area contributed by atoms with Gasteiger partial charge in [-0.15, -0.1) is 11.6 Å². The highest BCUT2D eigenvalue weighted by Gasteiger charge is 2.17. The molecule has 0 atom stereocenters. The van der Waals surface area contributed by atoms with Crippen molar-refractivity contribution in [1.29, 1.82) is 0 Å². The van der Waals surface area contributed by atoms with Gasteiger partial charge in [0.2, 0.25) is 11.5 Å². The molecule has 0 bridgehead atoms. The quantitative estimate of drug-likeness (QED) is 0.721. The van der Waals surface area contributed by atoms with E-state index in [1.165, 1.54) is 18.1 Å². The molecule has 0 aromatic carbocycles. The molecule has 17 heavy (non-hydrogen) atoms. The van der Waals surface area contributed by atoms with Gasteiger partial charge in [0, 0.05) is 6.42 Å². The van der Waals surface area contributed by atoms with Crippen LogP contribution in [0.3, 0.4) is 0 Å². The third-order valence-corrected chi connectivity index (χ3v) is 2.76. The number of hydrogen-bond donors (Lipinski definition) is 0. The summed E-state index contributed by atoms with van der Waals surface area (Å²) < 4.78 is 10.5. The van der Waals surface area contributed by atoms with Gasteiger partial charge in [-0.05, 0) is 12.8 Å². The predicted molar refractivity (Wildman–Crippen MR) is 65.1 cm³/mol. The summed E-state index contributed by atoms with van der Waals surface area (Å²) in [5, 5.41) is 0. The summed E-state index contributed by atoms with van der Waals surface area (Å²) in [6.45, 7) is 0. The van der Waals surface area contributed by atoms with Crippen LogP contribution in [0.4, 0.5) is 0 Å². The third-order valence-electron chi connectivity index (χ3n) is 2.51. The summed E-state index contributed by atoms with van der Waals surface area (Å²) in [7, 11) is 0. The summed E-state index contributed by atoms with van der Waals surface area (Å²) in [6.07, 6.45) is 11.7. The Hall–Kier alpha value is -1.48. The Morgan fingerprint density at radius 2 is 2.29 bits per heavy atom. The molecule has 2 rings (SSSR count). The maximum atomic E-state index is 11.3. The molecule has 0 N–H and O–H groups in total. The lowest BCUT2D eigenvalue weighted by molar-refractivity contribution is -0.116. The van der Waals surface area contributed by atoms with E-state index in [4.69, 9.17) is 21.1 Å². The van der Waals surface area contributed by atoms with E-state index in [0.29, 0.717) is 12.2 Å². The molecule has 0 spiro atoms. The van der Waals surface area contributed by atoms with Crippen LogP contribution >= 0.6 is 11.6 Å². The SMILES string of the molecule is O=C(CCl)C1=COC=C(CC2=CC=CCC2)O1. The number of allylic oxidation sites excluding steroid dienone is 5. The Morgan fingerprint density at radius 3 is 3.00 bits per heavy atom. The third kappa shape index (κ3) is 3.24. The fourth-order valence-electron chi connectivity index (χ4n) is 1.65. The van der Waals surface area contributed by atoms with Gasteiger partial charge in [-0.25, -0.2) is 0 Å². The number of alkyl halides is 1. The van der Waals surface area contributed by atoms with Gasteiger partial charge >= 0.3 is 0 Å². The molecule has 0 unspecified atom stereocenters. The fourth-order valence-corrected chi connectivity index (χ4v) is 1.78. The molecule has 0 radical (unpaired) electrons. The number of carbonyl (C=O) groups excluding carboxylic acids is 1. The molecule has 0 saturated carbocycles. The van der Waals surface area contributed by atoms with E-state index < -0.39 is 0 Å². The molecule has 1 heterocycles. The van der Waals surface area contributed by atoms with E-state index in [9.17, 15) is 4.79 Å². The van der Waals surface area contributed by atoms with Crippen LogP contribution < -0.4 is 0 Å². The van der Waals surface area contributed by atoms with E-state index in [2.05, 4.69) is 12.2 Å². The highest BCUT2D eigenvalue weighted by molar-refractivity contribution is 6.30. The highest BCUT2D eigenvalue weighted by atomic mass is 35.5. The summed E-state index contributed by atoms with van der Waals surface area (Å²) in [5.41, 5.74) is 1.27. The van der Waals surface area contributed by atoms with Crippen molar-refractivity contribution in [2.45, 2.75) is 19.3 Å². The lowest BCUT2D eigenvalue weighted by Crippen LogP contribution is -2.11. The average Bonchev–Trinajstić information content (AvgIpc) is 2.39. The van der Waals surface area contributed by atoms with Crippen molar-refractivity contribution in [1.82, 2.24) is 0 Å². The molecular formula is C13H13ClO3. The number of carbonyl (C=O) groups is 1. The molecule has 90 valence electrons. The predicted octanol–water partition coefficient (Wildman–Crippen LogP) is 3.19. The van der Waals surface area contributed by atoms with Gasteiger partial charge in [-0.3, -0.25) is 4.79 Å². The minimum Gasteiger partial charge on any atom is -0.465 e. The van der Waals surface area contributed by atoms with Crippen molar-refractivity contribution in [3.63, 3.8) is 0 Å². The Labute approximate surface area is 105 Å². The Morgan fingerprint density at radius 1 is 1.41 bits per heavy atom. The Balaban J connectivity index is 1.95. The van der Waals surface area contributed by atoms with Crippen LogP contribution in [-0.4, -0.2) is 11.7 Å². The van der Waals surface area contributed by atoms with Gasteiger partial charge in [0.15, 0.2) is 0 Å². The number of ether oxygens (including phenoxy) is 2. The molecule has 2 aliphatic rings. The smallest absolute Gasteiger partial charge is 0.215 e. The van der Waals surface area contributed by atoms with Crippen molar-refractivity contribution < 1.29 is 14.3 Å². The Bertz CT molecular complexity index is 430. The van der Waals surface area contributed by atoms with Crippen LogP contribution in [0.5, 0.6) is 0 Å². The summed E-state index contributed by atoms with van der Waals surface area (Å²) in [4.78, 5) is 11.3. The van der Waals surface area contributed by atoms with Crippen LogP contribution in [0, 0.1) is 0 Å². The van der Waals surface area contributed by atoms with E-state index in [-0.39, 0.29) is 17.4 Å². The van der Waals surface area contributed by atoms with Crippen LogP contribution in [0.2, 0.25) is 0 Å². The maximum Gasteiger partial charge on any atom is 0.215 e. The summed E-state index contributed by atoms with van der Waals surface area (Å²) in [5.74, 6) is 0.440. The van der Waals surface area contributed by atoms with Gasteiger partial charge < -0.3 is 9.47 Å². The number of halogens is 1. The zero-order chi connectivity index (χ0) is 12.1. The van der Waals surface area contributed by atoms with Gasteiger partial charge in [0.25, 0.3) is 0 Å².